The zero-order valence-corrected chi connectivity index (χ0v) is 20.6. The quantitative estimate of drug-likeness (QED) is 0.408. The minimum Gasteiger partial charge on any atom is -0.441 e. The SMILES string of the molecule is Cc1cc(Cl)ccc1N1C[C@@]2(CCC[C@]3(C2)C(=P)CC3n2cnc3ccc(C#N)cc32)OC1=O. The number of halogens is 1. The number of imidazole rings is 1. The van der Waals surface area contributed by atoms with E-state index in [2.05, 4.69) is 24.5 Å². The summed E-state index contributed by atoms with van der Waals surface area (Å²) in [4.78, 5) is 19.4. The number of rotatable bonds is 2. The number of anilines is 1. The van der Waals surface area contributed by atoms with E-state index >= 15 is 0 Å². The van der Waals surface area contributed by atoms with Gasteiger partial charge in [-0.15, -0.1) is 8.86 Å². The first-order valence-electron chi connectivity index (χ1n) is 11.6. The van der Waals surface area contributed by atoms with Crippen molar-refractivity contribution >= 4 is 48.6 Å². The molecule has 3 fully saturated rings. The Bertz CT molecular complexity index is 1410. The zero-order valence-electron chi connectivity index (χ0n) is 18.8. The fourth-order valence-corrected chi connectivity index (χ4v) is 7.14. The van der Waals surface area contributed by atoms with E-state index in [0.29, 0.717) is 17.1 Å². The van der Waals surface area contributed by atoms with Gasteiger partial charge >= 0.3 is 6.09 Å². The molecule has 0 bridgehead atoms. The predicted molar refractivity (Wildman–Crippen MR) is 135 cm³/mol. The highest BCUT2D eigenvalue weighted by Crippen LogP contribution is 2.61. The van der Waals surface area contributed by atoms with Crippen LogP contribution < -0.4 is 4.90 Å². The molecule has 6 rings (SSSR count). The van der Waals surface area contributed by atoms with Crippen molar-refractivity contribution in [2.24, 2.45) is 5.41 Å². The summed E-state index contributed by atoms with van der Waals surface area (Å²) in [7, 11) is 3.94. The predicted octanol–water partition coefficient (Wildman–Crippen LogP) is 6.09. The molecule has 3 aromatic rings. The monoisotopic (exact) mass is 490 g/mol. The van der Waals surface area contributed by atoms with Crippen molar-refractivity contribution in [1.82, 2.24) is 9.55 Å². The molecule has 8 heteroatoms. The fraction of sp³-hybridized carbons (Fsp3) is 0.385. The molecule has 2 spiro atoms. The summed E-state index contributed by atoms with van der Waals surface area (Å²) in [6.07, 6.45) is 6.09. The van der Waals surface area contributed by atoms with Gasteiger partial charge in [-0.25, -0.2) is 9.78 Å². The fourth-order valence-electron chi connectivity index (χ4n) is 6.34. The molecule has 1 aromatic heterocycles. The maximum Gasteiger partial charge on any atom is 0.415 e. The lowest BCUT2D eigenvalue weighted by Crippen LogP contribution is -2.57. The molecule has 1 unspecified atom stereocenters. The molecule has 2 heterocycles. The first kappa shape index (κ1) is 21.6. The number of fused-ring (bicyclic) bond motifs is 1. The number of benzene rings is 2. The van der Waals surface area contributed by atoms with Gasteiger partial charge in [0.05, 0.1) is 41.2 Å². The first-order chi connectivity index (χ1) is 16.3. The summed E-state index contributed by atoms with van der Waals surface area (Å²) in [5.41, 5.74) is 3.64. The molecule has 172 valence electrons. The highest BCUT2D eigenvalue weighted by molar-refractivity contribution is 7.21. The molecule has 0 N–H and O–H groups in total. The normalized spacial score (nSPS) is 28.4. The average molecular weight is 491 g/mol. The van der Waals surface area contributed by atoms with Gasteiger partial charge in [0.2, 0.25) is 0 Å². The molecule has 1 amide bonds. The standard InChI is InChI=1S/C26H24ClN4O2P/c1-16-9-18(27)4-6-20(16)30-14-25(33-24(30)32)7-2-8-26(13-25)22(11-23(26)34)31-15-29-19-5-3-17(12-28)10-21(19)31/h3-6,9-10,15,22,34H,2,7-8,11,13-14H2,1H3/t22?,25-,26+/m0/s1. The number of hydrogen-bond acceptors (Lipinski definition) is 4. The molecule has 1 saturated heterocycles. The molecule has 2 aromatic carbocycles. The van der Waals surface area contributed by atoms with E-state index in [0.717, 1.165) is 54.4 Å². The third-order valence-electron chi connectivity index (χ3n) is 7.99. The number of aryl methyl sites for hydroxylation is 1. The van der Waals surface area contributed by atoms with E-state index in [1.165, 1.54) is 5.29 Å². The van der Waals surface area contributed by atoms with Gasteiger partial charge in [0.1, 0.15) is 5.60 Å². The lowest BCUT2D eigenvalue weighted by molar-refractivity contribution is -0.0306. The van der Waals surface area contributed by atoms with Crippen LogP contribution in [-0.4, -0.2) is 33.1 Å². The van der Waals surface area contributed by atoms with Crippen molar-refractivity contribution in [2.45, 2.75) is 50.7 Å². The van der Waals surface area contributed by atoms with Crippen LogP contribution in [0.15, 0.2) is 42.7 Å². The number of amides is 1. The van der Waals surface area contributed by atoms with Crippen LogP contribution in [0.25, 0.3) is 11.0 Å². The van der Waals surface area contributed by atoms with Gasteiger partial charge in [-0.1, -0.05) is 11.6 Å². The Balaban J connectivity index is 1.34. The number of ether oxygens (including phenoxy) is 1. The Kier molecular flexibility index (Phi) is 4.82. The number of nitriles is 1. The first-order valence-corrected chi connectivity index (χ1v) is 12.4. The summed E-state index contributed by atoms with van der Waals surface area (Å²) < 4.78 is 8.38. The van der Waals surface area contributed by atoms with Crippen LogP contribution in [0.4, 0.5) is 10.5 Å². The minimum absolute atomic E-state index is 0.128. The topological polar surface area (TPSA) is 71.2 Å². The Labute approximate surface area is 205 Å². The van der Waals surface area contributed by atoms with Crippen LogP contribution in [0.1, 0.15) is 49.3 Å². The molecule has 3 aliphatic rings. The molecule has 3 atom stereocenters. The van der Waals surface area contributed by atoms with Crippen molar-refractivity contribution in [3.05, 3.63) is 58.9 Å². The average Bonchev–Trinajstić information content (AvgIpc) is 3.37. The van der Waals surface area contributed by atoms with Crippen LogP contribution >= 0.6 is 20.5 Å². The molecular weight excluding hydrogens is 467 g/mol. The third-order valence-corrected chi connectivity index (χ3v) is 8.93. The van der Waals surface area contributed by atoms with Crippen molar-refractivity contribution in [3.63, 3.8) is 0 Å². The van der Waals surface area contributed by atoms with Crippen LogP contribution in [0.3, 0.4) is 0 Å². The minimum atomic E-state index is -0.536. The van der Waals surface area contributed by atoms with E-state index in [4.69, 9.17) is 16.3 Å². The molecule has 6 nitrogen and oxygen atoms in total. The van der Waals surface area contributed by atoms with E-state index in [9.17, 15) is 10.1 Å². The van der Waals surface area contributed by atoms with E-state index in [1.54, 1.807) is 11.0 Å². The summed E-state index contributed by atoms with van der Waals surface area (Å²) >= 11 is 6.14. The summed E-state index contributed by atoms with van der Waals surface area (Å²) in [5, 5.41) is 11.3. The molecule has 2 saturated carbocycles. The maximum atomic E-state index is 13.0. The zero-order chi connectivity index (χ0) is 23.7. The molecule has 1 aliphatic heterocycles. The smallest absolute Gasteiger partial charge is 0.415 e. The molecule has 34 heavy (non-hydrogen) atoms. The Morgan fingerprint density at radius 3 is 2.88 bits per heavy atom. The van der Waals surface area contributed by atoms with Crippen LogP contribution in [0.2, 0.25) is 5.02 Å². The van der Waals surface area contributed by atoms with Crippen molar-refractivity contribution in [3.8, 4) is 6.07 Å². The lowest BCUT2D eigenvalue weighted by Gasteiger charge is -2.57. The second kappa shape index (κ2) is 7.57. The van der Waals surface area contributed by atoms with Crippen LogP contribution in [0, 0.1) is 23.7 Å². The summed E-state index contributed by atoms with van der Waals surface area (Å²) in [5.74, 6) is 0. The number of nitrogens with zero attached hydrogens (tertiary/aromatic N) is 4. The Morgan fingerprint density at radius 2 is 2.12 bits per heavy atom. The number of aromatic nitrogens is 2. The highest BCUT2D eigenvalue weighted by Gasteiger charge is 2.61. The van der Waals surface area contributed by atoms with Gasteiger partial charge < -0.3 is 9.30 Å². The number of carbonyl (C=O) groups excluding carboxylic acids is 1. The van der Waals surface area contributed by atoms with E-state index in [-0.39, 0.29) is 17.6 Å². The van der Waals surface area contributed by atoms with Gasteiger partial charge in [0.25, 0.3) is 0 Å². The van der Waals surface area contributed by atoms with Gasteiger partial charge in [0, 0.05) is 22.9 Å². The van der Waals surface area contributed by atoms with Gasteiger partial charge in [-0.2, -0.15) is 5.26 Å². The molecule has 0 radical (unpaired) electrons. The number of hydrogen-bond donors (Lipinski definition) is 0. The highest BCUT2D eigenvalue weighted by atomic mass is 35.5. The molecular formula is C26H24ClN4O2P. The van der Waals surface area contributed by atoms with Gasteiger partial charge in [-0.05, 0) is 79.9 Å². The third kappa shape index (κ3) is 3.11. The largest absolute Gasteiger partial charge is 0.441 e. The number of carbonyl (C=O) groups is 1. The maximum absolute atomic E-state index is 13.0. The van der Waals surface area contributed by atoms with Gasteiger partial charge in [0.15, 0.2) is 0 Å². The van der Waals surface area contributed by atoms with E-state index < -0.39 is 5.60 Å². The van der Waals surface area contributed by atoms with Crippen molar-refractivity contribution in [1.29, 1.82) is 5.26 Å². The summed E-state index contributed by atoms with van der Waals surface area (Å²) in [6.45, 7) is 2.50. The van der Waals surface area contributed by atoms with Crippen molar-refractivity contribution < 1.29 is 9.53 Å². The van der Waals surface area contributed by atoms with Gasteiger partial charge in [-0.3, -0.25) is 4.90 Å². The lowest BCUT2D eigenvalue weighted by atomic mass is 9.53. The second-order valence-corrected chi connectivity index (χ2v) is 11.0. The van der Waals surface area contributed by atoms with Crippen LogP contribution in [-0.2, 0) is 4.74 Å². The Hall–Kier alpha value is -2.87. The van der Waals surface area contributed by atoms with Crippen molar-refractivity contribution in [2.75, 3.05) is 11.4 Å². The van der Waals surface area contributed by atoms with E-state index in [1.807, 2.05) is 43.6 Å². The molecule has 2 aliphatic carbocycles. The van der Waals surface area contributed by atoms with Crippen LogP contribution in [0.5, 0.6) is 0 Å². The summed E-state index contributed by atoms with van der Waals surface area (Å²) in [6, 6.07) is 13.6. The second-order valence-electron chi connectivity index (χ2n) is 9.92. The Morgan fingerprint density at radius 1 is 1.26 bits per heavy atom.